The summed E-state index contributed by atoms with van der Waals surface area (Å²) in [5.41, 5.74) is 1.10. The lowest BCUT2D eigenvalue weighted by atomic mass is 10.0. The molecule has 19 heavy (non-hydrogen) atoms. The minimum atomic E-state index is -4.42. The molecule has 98 valence electrons. The fourth-order valence-corrected chi connectivity index (χ4v) is 2.46. The molecule has 4 nitrogen and oxygen atoms in total. The molecule has 0 saturated carbocycles. The van der Waals surface area contributed by atoms with Crippen molar-refractivity contribution in [2.45, 2.75) is 11.8 Å². The predicted octanol–water partition coefficient (Wildman–Crippen LogP) is 2.47. The van der Waals surface area contributed by atoms with E-state index in [1.807, 2.05) is 0 Å². The van der Waals surface area contributed by atoms with E-state index in [1.54, 1.807) is 37.3 Å². The van der Waals surface area contributed by atoms with Gasteiger partial charge in [0.05, 0.1) is 0 Å². The van der Waals surface area contributed by atoms with Gasteiger partial charge in [0.15, 0.2) is 5.78 Å². The van der Waals surface area contributed by atoms with Gasteiger partial charge in [0.2, 0.25) is 0 Å². The van der Waals surface area contributed by atoms with Gasteiger partial charge in [0.1, 0.15) is 4.90 Å². The first-order valence-corrected chi connectivity index (χ1v) is 7.01. The molecular weight excluding hydrogens is 264 g/mol. The van der Waals surface area contributed by atoms with E-state index in [4.69, 9.17) is 0 Å². The molecule has 0 aromatic heterocycles. The molecule has 2 rings (SSSR count). The summed E-state index contributed by atoms with van der Waals surface area (Å²) in [5.74, 6) is -0.433. The Balaban J connectivity index is 2.62. The third-order valence-corrected chi connectivity index (χ3v) is 3.61. The van der Waals surface area contributed by atoms with Crippen molar-refractivity contribution in [1.29, 1.82) is 0 Å². The van der Waals surface area contributed by atoms with Gasteiger partial charge in [-0.2, -0.15) is 8.42 Å². The number of carbonyl (C=O) groups excluding carboxylic acids is 1. The molecule has 0 fully saturated rings. The summed E-state index contributed by atoms with van der Waals surface area (Å²) in [4.78, 5) is 11.9. The van der Waals surface area contributed by atoms with Gasteiger partial charge in [-0.1, -0.05) is 42.0 Å². The first-order chi connectivity index (χ1) is 8.89. The van der Waals surface area contributed by atoms with Crippen molar-refractivity contribution in [3.8, 4) is 0 Å². The van der Waals surface area contributed by atoms with E-state index in [2.05, 4.69) is 0 Å². The summed E-state index contributed by atoms with van der Waals surface area (Å²) in [6.45, 7) is 1.75. The molecule has 0 heterocycles. The predicted molar refractivity (Wildman–Crippen MR) is 70.9 cm³/mol. The molecule has 5 heteroatoms. The maximum Gasteiger partial charge on any atom is 0.295 e. The number of hydrogen-bond donors (Lipinski definition) is 1. The van der Waals surface area contributed by atoms with Crippen molar-refractivity contribution < 1.29 is 17.8 Å². The van der Waals surface area contributed by atoms with Crippen LogP contribution in [0.15, 0.2) is 53.4 Å². The van der Waals surface area contributed by atoms with Crippen LogP contribution in [0, 0.1) is 6.92 Å². The Morgan fingerprint density at radius 3 is 2.26 bits per heavy atom. The lowest BCUT2D eigenvalue weighted by Crippen LogP contribution is -2.10. The van der Waals surface area contributed by atoms with Crippen LogP contribution in [0.1, 0.15) is 21.5 Å². The average Bonchev–Trinajstić information content (AvgIpc) is 2.37. The normalized spacial score (nSPS) is 11.3. The van der Waals surface area contributed by atoms with Crippen LogP contribution in [0.5, 0.6) is 0 Å². The zero-order valence-corrected chi connectivity index (χ0v) is 11.0. The average molecular weight is 276 g/mol. The van der Waals surface area contributed by atoms with Crippen LogP contribution >= 0.6 is 0 Å². The van der Waals surface area contributed by atoms with Crippen LogP contribution < -0.4 is 0 Å². The third-order valence-electron chi connectivity index (χ3n) is 2.69. The minimum Gasteiger partial charge on any atom is -0.289 e. The van der Waals surface area contributed by atoms with E-state index in [0.29, 0.717) is 5.56 Å². The third kappa shape index (κ3) is 2.89. The Kier molecular flexibility index (Phi) is 3.50. The van der Waals surface area contributed by atoms with Crippen molar-refractivity contribution in [1.82, 2.24) is 0 Å². The van der Waals surface area contributed by atoms with Gasteiger partial charge in [-0.3, -0.25) is 9.35 Å². The smallest absolute Gasteiger partial charge is 0.289 e. The number of hydrogen-bond acceptors (Lipinski definition) is 3. The highest BCUT2D eigenvalue weighted by atomic mass is 32.2. The second-order valence-electron chi connectivity index (χ2n) is 4.17. The van der Waals surface area contributed by atoms with Gasteiger partial charge >= 0.3 is 0 Å². The van der Waals surface area contributed by atoms with E-state index < -0.39 is 15.9 Å². The number of aryl methyl sites for hydroxylation is 1. The highest BCUT2D eigenvalue weighted by molar-refractivity contribution is 7.86. The Morgan fingerprint density at radius 2 is 1.68 bits per heavy atom. The van der Waals surface area contributed by atoms with Crippen LogP contribution in [0.3, 0.4) is 0 Å². The van der Waals surface area contributed by atoms with Crippen molar-refractivity contribution in [2.75, 3.05) is 0 Å². The molecule has 0 saturated heterocycles. The lowest BCUT2D eigenvalue weighted by Gasteiger charge is -2.07. The van der Waals surface area contributed by atoms with Gasteiger partial charge < -0.3 is 0 Å². The number of benzene rings is 2. The number of carbonyl (C=O) groups is 1. The van der Waals surface area contributed by atoms with Crippen molar-refractivity contribution in [3.63, 3.8) is 0 Å². The minimum absolute atomic E-state index is 0.0197. The van der Waals surface area contributed by atoms with Crippen molar-refractivity contribution in [3.05, 3.63) is 65.2 Å². The molecule has 0 aliphatic rings. The van der Waals surface area contributed by atoms with Gasteiger partial charge in [-0.05, 0) is 19.1 Å². The van der Waals surface area contributed by atoms with E-state index in [1.165, 1.54) is 18.2 Å². The van der Waals surface area contributed by atoms with Gasteiger partial charge in [-0.15, -0.1) is 0 Å². The summed E-state index contributed by atoms with van der Waals surface area (Å²) in [7, 11) is -4.42. The summed E-state index contributed by atoms with van der Waals surface area (Å²) < 4.78 is 31.8. The molecule has 0 spiro atoms. The first-order valence-electron chi connectivity index (χ1n) is 5.57. The molecular formula is C14H12O4S. The molecule has 2 aromatic rings. The topological polar surface area (TPSA) is 71.4 Å². The molecule has 0 bridgehead atoms. The summed E-state index contributed by atoms with van der Waals surface area (Å²) >= 11 is 0. The fourth-order valence-electron chi connectivity index (χ4n) is 1.79. The van der Waals surface area contributed by atoms with Gasteiger partial charge in [-0.25, -0.2) is 0 Å². The maximum absolute atomic E-state index is 12.3. The van der Waals surface area contributed by atoms with E-state index in [-0.39, 0.29) is 10.5 Å². The molecule has 2 aromatic carbocycles. The lowest BCUT2D eigenvalue weighted by molar-refractivity contribution is 0.103. The second-order valence-corrected chi connectivity index (χ2v) is 5.56. The Labute approximate surface area is 111 Å². The van der Waals surface area contributed by atoms with Crippen LogP contribution in [0.4, 0.5) is 0 Å². The fraction of sp³-hybridized carbons (Fsp3) is 0.0714. The molecule has 0 aliphatic heterocycles. The quantitative estimate of drug-likeness (QED) is 0.690. The Bertz CT molecular complexity index is 718. The van der Waals surface area contributed by atoms with Crippen LogP contribution in [0.2, 0.25) is 0 Å². The van der Waals surface area contributed by atoms with E-state index in [0.717, 1.165) is 5.56 Å². The summed E-state index contributed by atoms with van der Waals surface area (Å²) in [6.07, 6.45) is 0. The van der Waals surface area contributed by atoms with E-state index in [9.17, 15) is 17.8 Å². The molecule has 0 atom stereocenters. The molecule has 1 N–H and O–H groups in total. The Morgan fingerprint density at radius 1 is 1.05 bits per heavy atom. The molecule has 0 amide bonds. The largest absolute Gasteiger partial charge is 0.295 e. The number of rotatable bonds is 3. The maximum atomic E-state index is 12.3. The zero-order valence-electron chi connectivity index (χ0n) is 10.2. The van der Waals surface area contributed by atoms with Crippen LogP contribution in [-0.4, -0.2) is 18.8 Å². The molecule has 0 unspecified atom stereocenters. The highest BCUT2D eigenvalue weighted by Gasteiger charge is 2.21. The van der Waals surface area contributed by atoms with Crippen molar-refractivity contribution >= 4 is 15.9 Å². The zero-order chi connectivity index (χ0) is 14.0. The van der Waals surface area contributed by atoms with Crippen molar-refractivity contribution in [2.24, 2.45) is 0 Å². The van der Waals surface area contributed by atoms with E-state index >= 15 is 0 Å². The standard InChI is InChI=1S/C14H12O4S/c1-10-7-8-13(19(16,17)18)12(9-10)14(15)11-5-3-2-4-6-11/h2-9H,1H3,(H,16,17,18). The van der Waals surface area contributed by atoms with Gasteiger partial charge in [0, 0.05) is 11.1 Å². The van der Waals surface area contributed by atoms with Crippen LogP contribution in [-0.2, 0) is 10.1 Å². The second kappa shape index (κ2) is 4.95. The monoisotopic (exact) mass is 276 g/mol. The molecule has 0 radical (unpaired) electrons. The van der Waals surface area contributed by atoms with Crippen LogP contribution in [0.25, 0.3) is 0 Å². The number of ketones is 1. The highest BCUT2D eigenvalue weighted by Crippen LogP contribution is 2.20. The Hall–Kier alpha value is -1.98. The van der Waals surface area contributed by atoms with Gasteiger partial charge in [0.25, 0.3) is 10.1 Å². The molecule has 0 aliphatic carbocycles. The first kappa shape index (κ1) is 13.5. The SMILES string of the molecule is Cc1ccc(S(=O)(=O)O)c(C(=O)c2ccccc2)c1. The summed E-state index contributed by atoms with van der Waals surface area (Å²) in [6, 6.07) is 12.6. The summed E-state index contributed by atoms with van der Waals surface area (Å²) in [5, 5.41) is 0.